The van der Waals surface area contributed by atoms with Gasteiger partial charge in [0.15, 0.2) is 0 Å². The summed E-state index contributed by atoms with van der Waals surface area (Å²) in [6, 6.07) is 10.2. The van der Waals surface area contributed by atoms with E-state index < -0.39 is 10.0 Å². The summed E-state index contributed by atoms with van der Waals surface area (Å²) in [4.78, 5) is -0.0243. The normalized spacial score (nSPS) is 11.3. The summed E-state index contributed by atoms with van der Waals surface area (Å²) >= 11 is 3.43. The van der Waals surface area contributed by atoms with Gasteiger partial charge in [-0.05, 0) is 58.7 Å². The number of primary sulfonamides is 1. The predicted molar refractivity (Wildman–Crippen MR) is 84.4 cm³/mol. The fourth-order valence-electron chi connectivity index (χ4n) is 1.75. The average Bonchev–Trinajstić information content (AvgIpc) is 2.32. The van der Waals surface area contributed by atoms with Crippen LogP contribution in [0.5, 0.6) is 0 Å². The van der Waals surface area contributed by atoms with Gasteiger partial charge in [-0.2, -0.15) is 0 Å². The summed E-state index contributed by atoms with van der Waals surface area (Å²) in [5.41, 5.74) is 8.47. The molecule has 2 rings (SSSR count). The van der Waals surface area contributed by atoms with Gasteiger partial charge in [-0.1, -0.05) is 6.07 Å². The second kappa shape index (κ2) is 5.43. The standard InChI is InChI=1S/C13H14BrN3O2S/c1-8-2-3-12(14)13(4-8)17-10-5-9(15)6-11(7-10)20(16,18)19/h2-7,17H,15H2,1H3,(H2,16,18,19). The van der Waals surface area contributed by atoms with E-state index in [1.807, 2.05) is 25.1 Å². The Kier molecular flexibility index (Phi) is 4.03. The minimum atomic E-state index is -3.79. The van der Waals surface area contributed by atoms with Gasteiger partial charge < -0.3 is 11.1 Å². The highest BCUT2D eigenvalue weighted by Gasteiger charge is 2.10. The Labute approximate surface area is 126 Å². The molecule has 0 radical (unpaired) electrons. The minimum Gasteiger partial charge on any atom is -0.399 e. The van der Waals surface area contributed by atoms with E-state index >= 15 is 0 Å². The summed E-state index contributed by atoms with van der Waals surface area (Å²) in [5.74, 6) is 0. The SMILES string of the molecule is Cc1ccc(Br)c(Nc2cc(N)cc(S(N)(=O)=O)c2)c1. The van der Waals surface area contributed by atoms with E-state index in [4.69, 9.17) is 10.9 Å². The minimum absolute atomic E-state index is 0.0243. The van der Waals surface area contributed by atoms with Crippen molar-refractivity contribution < 1.29 is 8.42 Å². The van der Waals surface area contributed by atoms with Gasteiger partial charge >= 0.3 is 0 Å². The lowest BCUT2D eigenvalue weighted by Gasteiger charge is -2.11. The summed E-state index contributed by atoms with van der Waals surface area (Å²) in [5, 5.41) is 8.24. The number of nitrogens with two attached hydrogens (primary N) is 2. The van der Waals surface area contributed by atoms with Crippen LogP contribution >= 0.6 is 15.9 Å². The molecule has 0 spiro atoms. The van der Waals surface area contributed by atoms with Gasteiger partial charge in [0.05, 0.1) is 10.6 Å². The molecule has 106 valence electrons. The molecule has 0 heterocycles. The molecule has 0 saturated heterocycles. The van der Waals surface area contributed by atoms with Gasteiger partial charge in [0.1, 0.15) is 0 Å². The van der Waals surface area contributed by atoms with Gasteiger partial charge in [0, 0.05) is 15.8 Å². The van der Waals surface area contributed by atoms with Crippen LogP contribution in [0.3, 0.4) is 0 Å². The second-order valence-corrected chi connectivity index (χ2v) is 6.86. The third-order valence-electron chi connectivity index (χ3n) is 2.66. The topological polar surface area (TPSA) is 98.2 Å². The van der Waals surface area contributed by atoms with E-state index in [0.717, 1.165) is 15.7 Å². The molecule has 5 nitrogen and oxygen atoms in total. The number of rotatable bonds is 3. The molecule has 0 saturated carbocycles. The number of aryl methyl sites for hydroxylation is 1. The first kappa shape index (κ1) is 14.8. The number of hydrogen-bond donors (Lipinski definition) is 3. The Bertz CT molecular complexity index is 760. The molecular formula is C13H14BrN3O2S. The third-order valence-corrected chi connectivity index (χ3v) is 4.24. The molecule has 0 bridgehead atoms. The van der Waals surface area contributed by atoms with Crippen LogP contribution in [-0.4, -0.2) is 8.42 Å². The smallest absolute Gasteiger partial charge is 0.238 e. The predicted octanol–water partition coefficient (Wildman–Crippen LogP) is 2.73. The molecule has 2 aromatic carbocycles. The van der Waals surface area contributed by atoms with E-state index in [9.17, 15) is 8.42 Å². The van der Waals surface area contributed by atoms with Crippen molar-refractivity contribution in [2.45, 2.75) is 11.8 Å². The highest BCUT2D eigenvalue weighted by atomic mass is 79.9. The van der Waals surface area contributed by atoms with Crippen LogP contribution < -0.4 is 16.2 Å². The molecule has 7 heteroatoms. The Morgan fingerprint density at radius 2 is 1.85 bits per heavy atom. The number of nitrogens with one attached hydrogen (secondary N) is 1. The fourth-order valence-corrected chi connectivity index (χ4v) is 2.69. The number of halogens is 1. The first-order valence-electron chi connectivity index (χ1n) is 5.72. The molecule has 0 amide bonds. The van der Waals surface area contributed by atoms with Crippen molar-refractivity contribution >= 4 is 43.0 Å². The zero-order chi connectivity index (χ0) is 14.9. The zero-order valence-electron chi connectivity index (χ0n) is 10.7. The highest BCUT2D eigenvalue weighted by molar-refractivity contribution is 9.10. The molecule has 20 heavy (non-hydrogen) atoms. The molecule has 0 aliphatic carbocycles. The van der Waals surface area contributed by atoms with E-state index in [2.05, 4.69) is 21.2 Å². The molecular weight excluding hydrogens is 342 g/mol. The zero-order valence-corrected chi connectivity index (χ0v) is 13.1. The van der Waals surface area contributed by atoms with Gasteiger partial charge in [-0.25, -0.2) is 13.6 Å². The van der Waals surface area contributed by atoms with Crippen molar-refractivity contribution in [2.75, 3.05) is 11.1 Å². The van der Waals surface area contributed by atoms with Crippen molar-refractivity contribution in [3.05, 3.63) is 46.4 Å². The Morgan fingerprint density at radius 1 is 1.15 bits per heavy atom. The Balaban J connectivity index is 2.44. The van der Waals surface area contributed by atoms with Gasteiger partial charge in [0.2, 0.25) is 10.0 Å². The fraction of sp³-hybridized carbons (Fsp3) is 0.0769. The number of hydrogen-bond acceptors (Lipinski definition) is 4. The maximum atomic E-state index is 11.4. The summed E-state index contributed by atoms with van der Waals surface area (Å²) in [6.07, 6.45) is 0. The molecule has 0 unspecified atom stereocenters. The van der Waals surface area contributed by atoms with Crippen LogP contribution in [0.15, 0.2) is 45.8 Å². The van der Waals surface area contributed by atoms with Gasteiger partial charge in [-0.3, -0.25) is 0 Å². The largest absolute Gasteiger partial charge is 0.399 e. The quantitative estimate of drug-likeness (QED) is 0.737. The maximum Gasteiger partial charge on any atom is 0.238 e. The van der Waals surface area contributed by atoms with Gasteiger partial charge in [-0.15, -0.1) is 0 Å². The van der Waals surface area contributed by atoms with Crippen LogP contribution in [0, 0.1) is 6.92 Å². The molecule has 0 aliphatic rings. The van der Waals surface area contributed by atoms with Crippen LogP contribution in [0.1, 0.15) is 5.56 Å². The number of benzene rings is 2. The molecule has 2 aromatic rings. The summed E-state index contributed by atoms with van der Waals surface area (Å²) in [7, 11) is -3.79. The summed E-state index contributed by atoms with van der Waals surface area (Å²) < 4.78 is 23.7. The number of anilines is 3. The first-order valence-corrected chi connectivity index (χ1v) is 8.06. The van der Waals surface area contributed by atoms with E-state index in [1.165, 1.54) is 12.1 Å². The monoisotopic (exact) mass is 355 g/mol. The van der Waals surface area contributed by atoms with E-state index in [0.29, 0.717) is 11.4 Å². The Hall–Kier alpha value is -1.57. The van der Waals surface area contributed by atoms with Gasteiger partial charge in [0.25, 0.3) is 0 Å². The lowest BCUT2D eigenvalue weighted by molar-refractivity contribution is 0.598. The number of sulfonamides is 1. The highest BCUT2D eigenvalue weighted by Crippen LogP contribution is 2.29. The van der Waals surface area contributed by atoms with Crippen molar-refractivity contribution in [1.82, 2.24) is 0 Å². The lowest BCUT2D eigenvalue weighted by atomic mass is 10.2. The van der Waals surface area contributed by atoms with E-state index in [1.54, 1.807) is 6.07 Å². The maximum absolute atomic E-state index is 11.4. The number of nitrogen functional groups attached to an aromatic ring is 1. The van der Waals surface area contributed by atoms with Crippen LogP contribution in [-0.2, 0) is 10.0 Å². The Morgan fingerprint density at radius 3 is 2.50 bits per heavy atom. The van der Waals surface area contributed by atoms with Crippen LogP contribution in [0.4, 0.5) is 17.1 Å². The van der Waals surface area contributed by atoms with E-state index in [-0.39, 0.29) is 4.90 Å². The van der Waals surface area contributed by atoms with Crippen LogP contribution in [0.2, 0.25) is 0 Å². The average molecular weight is 356 g/mol. The summed E-state index contributed by atoms with van der Waals surface area (Å²) in [6.45, 7) is 1.97. The van der Waals surface area contributed by atoms with Crippen LogP contribution in [0.25, 0.3) is 0 Å². The second-order valence-electron chi connectivity index (χ2n) is 4.44. The third kappa shape index (κ3) is 3.50. The molecule has 5 N–H and O–H groups in total. The van der Waals surface area contributed by atoms with Crippen molar-refractivity contribution in [3.8, 4) is 0 Å². The first-order chi connectivity index (χ1) is 9.25. The molecule has 0 aliphatic heterocycles. The molecule has 0 atom stereocenters. The van der Waals surface area contributed by atoms with Crippen molar-refractivity contribution in [2.24, 2.45) is 5.14 Å². The lowest BCUT2D eigenvalue weighted by Crippen LogP contribution is -2.12. The molecule has 0 aromatic heterocycles. The molecule has 0 fully saturated rings. The van der Waals surface area contributed by atoms with Crippen molar-refractivity contribution in [3.63, 3.8) is 0 Å². The van der Waals surface area contributed by atoms with Crippen molar-refractivity contribution in [1.29, 1.82) is 0 Å².